The van der Waals surface area contributed by atoms with Crippen LogP contribution in [0.25, 0.3) is 0 Å². The number of aromatic hydroxyl groups is 1. The second kappa shape index (κ2) is 4.98. The molecule has 1 atom stereocenters. The van der Waals surface area contributed by atoms with Crippen LogP contribution in [0.1, 0.15) is 26.7 Å². The van der Waals surface area contributed by atoms with E-state index in [9.17, 15) is 9.90 Å². The average Bonchev–Trinajstić information content (AvgIpc) is 2.78. The Morgan fingerprint density at radius 1 is 1.56 bits per heavy atom. The molecule has 0 radical (unpaired) electrons. The zero-order chi connectivity index (χ0) is 13.2. The standard InChI is InChI=1S/C14H20N2O2/c1-3-16(11-6-4-7-12(17)10-11)13(18)14(2)8-5-9-15-14/h4,6-7,10,15,17H,3,5,8-9H2,1-2H3. The molecule has 1 aliphatic rings. The average molecular weight is 248 g/mol. The summed E-state index contributed by atoms with van der Waals surface area (Å²) in [5.74, 6) is 0.261. The summed E-state index contributed by atoms with van der Waals surface area (Å²) in [6.07, 6.45) is 1.89. The molecule has 98 valence electrons. The molecule has 0 saturated carbocycles. The fraction of sp³-hybridized carbons (Fsp3) is 0.500. The van der Waals surface area contributed by atoms with Crippen LogP contribution in [-0.4, -0.2) is 29.6 Å². The van der Waals surface area contributed by atoms with Gasteiger partial charge >= 0.3 is 0 Å². The van der Waals surface area contributed by atoms with E-state index < -0.39 is 5.54 Å². The van der Waals surface area contributed by atoms with Gasteiger partial charge in [-0.2, -0.15) is 0 Å². The van der Waals surface area contributed by atoms with Gasteiger partial charge in [0.1, 0.15) is 5.75 Å². The molecular formula is C14H20N2O2. The fourth-order valence-electron chi connectivity index (χ4n) is 2.48. The number of rotatable bonds is 3. The number of carbonyl (C=O) groups is 1. The SMILES string of the molecule is CCN(C(=O)C1(C)CCCN1)c1cccc(O)c1. The Bertz CT molecular complexity index is 439. The monoisotopic (exact) mass is 248 g/mol. The van der Waals surface area contributed by atoms with Crippen molar-refractivity contribution in [1.29, 1.82) is 0 Å². The molecule has 1 unspecified atom stereocenters. The molecule has 1 heterocycles. The van der Waals surface area contributed by atoms with Crippen LogP contribution < -0.4 is 10.2 Å². The van der Waals surface area contributed by atoms with E-state index in [0.29, 0.717) is 6.54 Å². The number of benzene rings is 1. The molecular weight excluding hydrogens is 228 g/mol. The van der Waals surface area contributed by atoms with Gasteiger partial charge in [-0.1, -0.05) is 6.07 Å². The summed E-state index contributed by atoms with van der Waals surface area (Å²) in [7, 11) is 0. The molecule has 1 fully saturated rings. The number of phenolic OH excluding ortho intramolecular Hbond substituents is 1. The maximum atomic E-state index is 12.6. The van der Waals surface area contributed by atoms with Crippen LogP contribution in [0.3, 0.4) is 0 Å². The van der Waals surface area contributed by atoms with Gasteiger partial charge in [0.05, 0.1) is 5.54 Å². The number of hydrogen-bond acceptors (Lipinski definition) is 3. The van der Waals surface area contributed by atoms with Crippen molar-refractivity contribution < 1.29 is 9.90 Å². The molecule has 4 heteroatoms. The van der Waals surface area contributed by atoms with Gasteiger partial charge in [0.15, 0.2) is 0 Å². The van der Waals surface area contributed by atoms with Crippen molar-refractivity contribution in [1.82, 2.24) is 5.32 Å². The van der Waals surface area contributed by atoms with E-state index in [0.717, 1.165) is 25.1 Å². The number of likely N-dealkylation sites (N-methyl/N-ethyl adjacent to an activating group) is 1. The lowest BCUT2D eigenvalue weighted by molar-refractivity contribution is -0.123. The van der Waals surface area contributed by atoms with Gasteiger partial charge in [-0.25, -0.2) is 0 Å². The third kappa shape index (κ3) is 2.34. The quantitative estimate of drug-likeness (QED) is 0.859. The first-order valence-electron chi connectivity index (χ1n) is 6.43. The lowest BCUT2D eigenvalue weighted by atomic mass is 9.98. The van der Waals surface area contributed by atoms with Crippen molar-refractivity contribution >= 4 is 11.6 Å². The third-order valence-corrected chi connectivity index (χ3v) is 3.54. The highest BCUT2D eigenvalue weighted by molar-refractivity contribution is 6.00. The Balaban J connectivity index is 2.26. The van der Waals surface area contributed by atoms with Crippen molar-refractivity contribution in [2.45, 2.75) is 32.2 Å². The van der Waals surface area contributed by atoms with E-state index in [1.54, 1.807) is 23.1 Å². The Hall–Kier alpha value is -1.55. The number of carbonyl (C=O) groups excluding carboxylic acids is 1. The van der Waals surface area contributed by atoms with E-state index in [2.05, 4.69) is 5.32 Å². The molecule has 2 rings (SSSR count). The minimum atomic E-state index is -0.471. The Morgan fingerprint density at radius 2 is 2.33 bits per heavy atom. The van der Waals surface area contributed by atoms with Crippen LogP contribution in [0, 0.1) is 0 Å². The van der Waals surface area contributed by atoms with Gasteiger partial charge in [-0.3, -0.25) is 4.79 Å². The fourth-order valence-corrected chi connectivity index (χ4v) is 2.48. The molecule has 1 aliphatic heterocycles. The maximum Gasteiger partial charge on any atom is 0.246 e. The highest BCUT2D eigenvalue weighted by atomic mass is 16.3. The van der Waals surface area contributed by atoms with Crippen LogP contribution in [0.4, 0.5) is 5.69 Å². The molecule has 1 aromatic rings. The van der Waals surface area contributed by atoms with Crippen molar-refractivity contribution in [3.63, 3.8) is 0 Å². The number of nitrogens with zero attached hydrogens (tertiary/aromatic N) is 1. The smallest absolute Gasteiger partial charge is 0.246 e. The first-order valence-corrected chi connectivity index (χ1v) is 6.43. The van der Waals surface area contributed by atoms with E-state index in [1.807, 2.05) is 19.9 Å². The zero-order valence-electron chi connectivity index (χ0n) is 10.9. The van der Waals surface area contributed by atoms with Gasteiger partial charge < -0.3 is 15.3 Å². The molecule has 1 aromatic carbocycles. The molecule has 0 spiro atoms. The largest absolute Gasteiger partial charge is 0.508 e. The highest BCUT2D eigenvalue weighted by Gasteiger charge is 2.38. The van der Waals surface area contributed by atoms with Gasteiger partial charge in [0, 0.05) is 18.3 Å². The van der Waals surface area contributed by atoms with Gasteiger partial charge in [0.2, 0.25) is 5.91 Å². The Kier molecular flexibility index (Phi) is 3.57. The third-order valence-electron chi connectivity index (χ3n) is 3.54. The lowest BCUT2D eigenvalue weighted by Gasteiger charge is -2.31. The Labute approximate surface area is 108 Å². The minimum absolute atomic E-state index is 0.0769. The summed E-state index contributed by atoms with van der Waals surface area (Å²) >= 11 is 0. The van der Waals surface area contributed by atoms with Gasteiger partial charge in [0.25, 0.3) is 0 Å². The topological polar surface area (TPSA) is 52.6 Å². The number of hydrogen-bond donors (Lipinski definition) is 2. The molecule has 0 aliphatic carbocycles. The van der Waals surface area contributed by atoms with E-state index in [-0.39, 0.29) is 11.7 Å². The molecule has 18 heavy (non-hydrogen) atoms. The summed E-state index contributed by atoms with van der Waals surface area (Å²) in [6.45, 7) is 5.38. The van der Waals surface area contributed by atoms with Crippen LogP contribution >= 0.6 is 0 Å². The van der Waals surface area contributed by atoms with Crippen LogP contribution in [0.15, 0.2) is 24.3 Å². The summed E-state index contributed by atoms with van der Waals surface area (Å²) in [4.78, 5) is 14.3. The molecule has 4 nitrogen and oxygen atoms in total. The van der Waals surface area contributed by atoms with E-state index >= 15 is 0 Å². The second-order valence-corrected chi connectivity index (χ2v) is 4.93. The second-order valence-electron chi connectivity index (χ2n) is 4.93. The van der Waals surface area contributed by atoms with E-state index in [1.165, 1.54) is 0 Å². The summed E-state index contributed by atoms with van der Waals surface area (Å²) in [6, 6.07) is 6.83. The number of nitrogens with one attached hydrogen (secondary N) is 1. The van der Waals surface area contributed by atoms with Crippen molar-refractivity contribution in [3.8, 4) is 5.75 Å². The lowest BCUT2D eigenvalue weighted by Crippen LogP contribution is -2.53. The predicted octanol–water partition coefficient (Wildman–Crippen LogP) is 1.89. The first kappa shape index (κ1) is 12.9. The highest BCUT2D eigenvalue weighted by Crippen LogP contribution is 2.26. The van der Waals surface area contributed by atoms with Gasteiger partial charge in [-0.15, -0.1) is 0 Å². The number of anilines is 1. The van der Waals surface area contributed by atoms with Gasteiger partial charge in [-0.05, 0) is 45.4 Å². The van der Waals surface area contributed by atoms with Crippen LogP contribution in [0.2, 0.25) is 0 Å². The summed E-state index contributed by atoms with van der Waals surface area (Å²) < 4.78 is 0. The Morgan fingerprint density at radius 3 is 2.89 bits per heavy atom. The molecule has 0 aromatic heterocycles. The molecule has 0 bridgehead atoms. The summed E-state index contributed by atoms with van der Waals surface area (Å²) in [5.41, 5.74) is 0.277. The van der Waals surface area contributed by atoms with E-state index in [4.69, 9.17) is 0 Å². The van der Waals surface area contributed by atoms with Crippen LogP contribution in [0.5, 0.6) is 5.75 Å². The van der Waals surface area contributed by atoms with Crippen LogP contribution in [-0.2, 0) is 4.79 Å². The minimum Gasteiger partial charge on any atom is -0.508 e. The van der Waals surface area contributed by atoms with Crippen molar-refractivity contribution in [3.05, 3.63) is 24.3 Å². The molecule has 2 N–H and O–H groups in total. The molecule has 1 saturated heterocycles. The number of amides is 1. The van der Waals surface area contributed by atoms with Crippen molar-refractivity contribution in [2.24, 2.45) is 0 Å². The predicted molar refractivity (Wildman–Crippen MR) is 71.8 cm³/mol. The first-order chi connectivity index (χ1) is 8.57. The normalized spacial score (nSPS) is 23.0. The summed E-state index contributed by atoms with van der Waals surface area (Å²) in [5, 5.41) is 12.8. The van der Waals surface area contributed by atoms with Crippen molar-refractivity contribution in [2.75, 3.05) is 18.0 Å². The number of phenols is 1. The molecule has 1 amide bonds. The maximum absolute atomic E-state index is 12.6. The zero-order valence-corrected chi connectivity index (χ0v) is 10.9.